The Labute approximate surface area is 171 Å². The molecule has 0 aliphatic heterocycles. The number of nitrogens with zero attached hydrogens (tertiary/aromatic N) is 1. The van der Waals surface area contributed by atoms with Gasteiger partial charge in [0, 0.05) is 16.1 Å². The van der Waals surface area contributed by atoms with Gasteiger partial charge < -0.3 is 14.8 Å². The molecule has 3 rings (SSSR count). The summed E-state index contributed by atoms with van der Waals surface area (Å²) in [6.07, 6.45) is 0. The number of aryl methyl sites for hydroxylation is 1. The topological polar surface area (TPSA) is 94.6 Å². The van der Waals surface area contributed by atoms with Gasteiger partial charge in [-0.1, -0.05) is 11.6 Å². The lowest BCUT2D eigenvalue weighted by Gasteiger charge is -2.09. The number of ether oxygens (including phenoxy) is 2. The van der Waals surface area contributed by atoms with Crippen LogP contribution in [0.2, 0.25) is 5.02 Å². The molecule has 8 heteroatoms. The van der Waals surface area contributed by atoms with E-state index in [-0.39, 0.29) is 5.56 Å². The number of fused-ring (bicyclic) bond motifs is 1. The van der Waals surface area contributed by atoms with E-state index in [1.165, 1.54) is 19.2 Å². The van der Waals surface area contributed by atoms with Crippen molar-refractivity contribution in [2.75, 3.05) is 19.0 Å². The number of aromatic nitrogens is 1. The Hall–Kier alpha value is -3.45. The van der Waals surface area contributed by atoms with E-state index in [0.717, 1.165) is 0 Å². The lowest BCUT2D eigenvalue weighted by molar-refractivity contribution is -0.119. The smallest absolute Gasteiger partial charge is 0.340 e. The van der Waals surface area contributed by atoms with Gasteiger partial charge in [-0.2, -0.15) is 0 Å². The number of amides is 1. The average molecular weight is 413 g/mol. The quantitative estimate of drug-likeness (QED) is 0.641. The van der Waals surface area contributed by atoms with E-state index in [2.05, 4.69) is 15.0 Å². The molecular weight excluding hydrogens is 396 g/mol. The Morgan fingerprint density at radius 3 is 2.45 bits per heavy atom. The molecule has 0 unspecified atom stereocenters. The van der Waals surface area contributed by atoms with E-state index in [4.69, 9.17) is 16.3 Å². The highest BCUT2D eigenvalue weighted by Crippen LogP contribution is 2.21. The zero-order valence-corrected chi connectivity index (χ0v) is 16.4. The van der Waals surface area contributed by atoms with Gasteiger partial charge in [0.1, 0.15) is 0 Å². The van der Waals surface area contributed by atoms with Crippen LogP contribution in [0.3, 0.4) is 0 Å². The van der Waals surface area contributed by atoms with Crippen LogP contribution in [0.4, 0.5) is 5.69 Å². The fourth-order valence-corrected chi connectivity index (χ4v) is 2.84. The van der Waals surface area contributed by atoms with Gasteiger partial charge in [-0.15, -0.1) is 0 Å². The highest BCUT2D eigenvalue weighted by molar-refractivity contribution is 6.31. The summed E-state index contributed by atoms with van der Waals surface area (Å²) < 4.78 is 9.71. The lowest BCUT2D eigenvalue weighted by atomic mass is 10.1. The summed E-state index contributed by atoms with van der Waals surface area (Å²) in [5.74, 6) is -1.65. The van der Waals surface area contributed by atoms with Crippen molar-refractivity contribution in [3.63, 3.8) is 0 Å². The molecule has 0 aliphatic carbocycles. The van der Waals surface area contributed by atoms with Gasteiger partial charge in [0.2, 0.25) is 0 Å². The van der Waals surface area contributed by atoms with Gasteiger partial charge in [0.25, 0.3) is 5.91 Å². The molecule has 0 spiro atoms. The highest BCUT2D eigenvalue weighted by atomic mass is 35.5. The molecule has 0 aliphatic rings. The molecule has 0 fully saturated rings. The van der Waals surface area contributed by atoms with Gasteiger partial charge in [-0.05, 0) is 55.5 Å². The third kappa shape index (κ3) is 4.89. The highest BCUT2D eigenvalue weighted by Gasteiger charge is 2.15. The second kappa shape index (κ2) is 8.70. The van der Waals surface area contributed by atoms with Crippen LogP contribution in [-0.4, -0.2) is 36.5 Å². The number of carbonyl (C=O) groups excluding carboxylic acids is 3. The maximum absolute atomic E-state index is 12.4. The number of hydrogen-bond acceptors (Lipinski definition) is 6. The number of hydrogen-bond donors (Lipinski definition) is 1. The van der Waals surface area contributed by atoms with Crippen LogP contribution in [0.15, 0.2) is 48.5 Å². The summed E-state index contributed by atoms with van der Waals surface area (Å²) in [6, 6.07) is 12.9. The molecule has 0 atom stereocenters. The van der Waals surface area contributed by atoms with E-state index in [9.17, 15) is 14.4 Å². The second-order valence-electron chi connectivity index (χ2n) is 6.15. The minimum absolute atomic E-state index is 0.259. The number of nitrogens with one attached hydrogen (secondary N) is 1. The fraction of sp³-hybridized carbons (Fsp3) is 0.143. The molecule has 2 aromatic carbocycles. The van der Waals surface area contributed by atoms with Crippen LogP contribution in [-0.2, 0) is 14.3 Å². The first-order valence-corrected chi connectivity index (χ1v) is 8.97. The molecule has 0 saturated heterocycles. The van der Waals surface area contributed by atoms with Crippen molar-refractivity contribution in [1.29, 1.82) is 0 Å². The summed E-state index contributed by atoms with van der Waals surface area (Å²) in [5.41, 5.74) is 2.27. The van der Waals surface area contributed by atoms with Crippen molar-refractivity contribution in [2.45, 2.75) is 6.92 Å². The number of methoxy groups -OCH3 is 1. The summed E-state index contributed by atoms with van der Waals surface area (Å²) in [7, 11) is 1.29. The summed E-state index contributed by atoms with van der Waals surface area (Å²) in [6.45, 7) is 1.22. The summed E-state index contributed by atoms with van der Waals surface area (Å²) >= 11 is 5.98. The normalized spacial score (nSPS) is 10.4. The first-order chi connectivity index (χ1) is 13.9. The molecular formula is C21H17ClN2O5. The van der Waals surface area contributed by atoms with Crippen molar-refractivity contribution < 1.29 is 23.9 Å². The van der Waals surface area contributed by atoms with E-state index in [1.807, 2.05) is 0 Å². The Kier molecular flexibility index (Phi) is 6.09. The minimum atomic E-state index is -0.659. The van der Waals surface area contributed by atoms with Crippen LogP contribution in [0, 0.1) is 6.92 Å². The Bertz CT molecular complexity index is 1100. The third-order valence-electron chi connectivity index (χ3n) is 4.11. The molecule has 1 heterocycles. The average Bonchev–Trinajstić information content (AvgIpc) is 2.71. The Morgan fingerprint density at radius 1 is 1.03 bits per heavy atom. The van der Waals surface area contributed by atoms with Gasteiger partial charge in [0.15, 0.2) is 6.61 Å². The largest absolute Gasteiger partial charge is 0.465 e. The number of benzene rings is 2. The predicted octanol–water partition coefficient (Wildman–Crippen LogP) is 3.78. The molecule has 1 amide bonds. The molecule has 0 bridgehead atoms. The molecule has 29 heavy (non-hydrogen) atoms. The molecule has 3 aromatic rings. The first-order valence-electron chi connectivity index (χ1n) is 8.59. The third-order valence-corrected chi connectivity index (χ3v) is 4.35. The van der Waals surface area contributed by atoms with Crippen LogP contribution in [0.25, 0.3) is 10.9 Å². The number of carbonyl (C=O) groups is 3. The maximum Gasteiger partial charge on any atom is 0.340 e. The van der Waals surface area contributed by atoms with Gasteiger partial charge >= 0.3 is 11.9 Å². The number of halogens is 1. The SMILES string of the molecule is COC(=O)c1ccc(NC(=O)COC(=O)c2cc3cc(Cl)ccc3nc2C)cc1. The van der Waals surface area contributed by atoms with Crippen LogP contribution in [0.1, 0.15) is 26.4 Å². The van der Waals surface area contributed by atoms with E-state index in [0.29, 0.717) is 32.9 Å². The Balaban J connectivity index is 1.63. The molecule has 148 valence electrons. The summed E-state index contributed by atoms with van der Waals surface area (Å²) in [5, 5.41) is 3.81. The zero-order chi connectivity index (χ0) is 21.0. The summed E-state index contributed by atoms with van der Waals surface area (Å²) in [4.78, 5) is 40.2. The van der Waals surface area contributed by atoms with Crippen LogP contribution >= 0.6 is 11.6 Å². The van der Waals surface area contributed by atoms with E-state index in [1.54, 1.807) is 43.3 Å². The number of esters is 2. The molecule has 0 saturated carbocycles. The van der Waals surface area contributed by atoms with Crippen molar-refractivity contribution in [1.82, 2.24) is 4.98 Å². The van der Waals surface area contributed by atoms with Gasteiger partial charge in [-0.3, -0.25) is 9.78 Å². The van der Waals surface area contributed by atoms with Crippen molar-refractivity contribution >= 4 is 46.0 Å². The monoisotopic (exact) mass is 412 g/mol. The Morgan fingerprint density at radius 2 is 1.76 bits per heavy atom. The maximum atomic E-state index is 12.4. The standard InChI is InChI=1S/C21H17ClN2O5/c1-12-17(10-14-9-15(22)5-8-18(14)23-12)21(27)29-11-19(25)24-16-6-3-13(4-7-16)20(26)28-2/h3-10H,11H2,1-2H3,(H,24,25). The molecule has 1 aromatic heterocycles. The van der Waals surface area contributed by atoms with Crippen molar-refractivity contribution in [3.8, 4) is 0 Å². The molecule has 0 radical (unpaired) electrons. The van der Waals surface area contributed by atoms with Gasteiger partial charge in [-0.25, -0.2) is 9.59 Å². The molecule has 7 nitrogen and oxygen atoms in total. The second-order valence-corrected chi connectivity index (χ2v) is 6.59. The van der Waals surface area contributed by atoms with Crippen molar-refractivity contribution in [3.05, 3.63) is 70.4 Å². The minimum Gasteiger partial charge on any atom is -0.465 e. The van der Waals surface area contributed by atoms with Gasteiger partial charge in [0.05, 0.1) is 29.4 Å². The zero-order valence-electron chi connectivity index (χ0n) is 15.7. The first kappa shape index (κ1) is 20.3. The van der Waals surface area contributed by atoms with E-state index < -0.39 is 24.5 Å². The van der Waals surface area contributed by atoms with E-state index >= 15 is 0 Å². The lowest BCUT2D eigenvalue weighted by Crippen LogP contribution is -2.21. The number of anilines is 1. The van der Waals surface area contributed by atoms with Crippen LogP contribution < -0.4 is 5.32 Å². The molecule has 1 N–H and O–H groups in total. The van der Waals surface area contributed by atoms with Crippen molar-refractivity contribution in [2.24, 2.45) is 0 Å². The fourth-order valence-electron chi connectivity index (χ4n) is 2.66. The number of rotatable bonds is 5. The number of pyridine rings is 1. The van der Waals surface area contributed by atoms with Crippen LogP contribution in [0.5, 0.6) is 0 Å². The predicted molar refractivity (Wildman–Crippen MR) is 108 cm³/mol.